The van der Waals surface area contributed by atoms with Gasteiger partial charge in [0.2, 0.25) is 29.5 Å². The summed E-state index contributed by atoms with van der Waals surface area (Å²) in [5, 5.41) is 35.5. The smallest absolute Gasteiger partial charge is 0.407 e. The number of nitrogens with zero attached hydrogens (tertiary/aromatic N) is 1. The Hall–Kier alpha value is -4.72. The molecule has 0 radical (unpaired) electrons. The third-order valence-electron chi connectivity index (χ3n) is 10.8. The predicted molar refractivity (Wildman–Crippen MR) is 247 cm³/mol. The maximum absolute atomic E-state index is 14.5. The van der Waals surface area contributed by atoms with Crippen molar-refractivity contribution in [1.29, 1.82) is 0 Å². The number of aliphatic carboxylic acids is 1. The second-order valence-corrected chi connectivity index (χ2v) is 19.7. The Balaban J connectivity index is 3.44. The quantitative estimate of drug-likeness (QED) is 0.0522. The van der Waals surface area contributed by atoms with Gasteiger partial charge in [0.05, 0.1) is 25.2 Å². The number of ether oxygens (including phenoxy) is 3. The Morgan fingerprint density at radius 3 is 1.86 bits per heavy atom. The molecule has 6 atom stereocenters. The van der Waals surface area contributed by atoms with E-state index < -0.39 is 115 Å². The maximum Gasteiger partial charge on any atom is 0.407 e. The number of hydrogen-bond donors (Lipinski definition) is 8. The van der Waals surface area contributed by atoms with Crippen molar-refractivity contribution in [3.05, 3.63) is 0 Å². The van der Waals surface area contributed by atoms with Crippen LogP contribution in [0.1, 0.15) is 146 Å². The van der Waals surface area contributed by atoms with Crippen LogP contribution < -0.4 is 31.9 Å². The molecule has 380 valence electrons. The fourth-order valence-corrected chi connectivity index (χ4v) is 7.26. The standard InChI is InChI=1S/C46H83N7O13/c1-12-13-14-18-22-35(54)30(4)42(61)53(11)34(25-29(2)3)40(59)52-37(31-20-16-15-17-21-31)41(60)50-32(26-49-44(63)66-46(8,9)10)39(58)51-33(38(57)48-27-36(55)56)28-64-24-19-23-47-43(62)65-45(5,6)7/h29-35,37,54H,12-28H2,1-11H3,(H,47,62)(H,48,57)(H,49,63)(H,50,60)(H,51,58)(H,52,59)(H,55,56). The van der Waals surface area contributed by atoms with Crippen molar-refractivity contribution in [3.8, 4) is 0 Å². The van der Waals surface area contributed by atoms with Gasteiger partial charge in [-0.25, -0.2) is 9.59 Å². The Kier molecular flexibility index (Phi) is 26.8. The molecule has 1 saturated carbocycles. The lowest BCUT2D eigenvalue weighted by atomic mass is 9.83. The number of aliphatic hydroxyl groups is 1. The zero-order valence-corrected chi connectivity index (χ0v) is 41.5. The Morgan fingerprint density at radius 1 is 0.712 bits per heavy atom. The largest absolute Gasteiger partial charge is 0.480 e. The van der Waals surface area contributed by atoms with Gasteiger partial charge in [-0.15, -0.1) is 0 Å². The zero-order valence-electron chi connectivity index (χ0n) is 41.5. The monoisotopic (exact) mass is 942 g/mol. The summed E-state index contributed by atoms with van der Waals surface area (Å²) in [4.78, 5) is 107. The highest BCUT2D eigenvalue weighted by atomic mass is 16.6. The first-order valence-electron chi connectivity index (χ1n) is 23.6. The fraction of sp³-hybridized carbons (Fsp3) is 0.826. The van der Waals surface area contributed by atoms with E-state index in [-0.39, 0.29) is 37.8 Å². The van der Waals surface area contributed by atoms with Crippen molar-refractivity contribution in [2.75, 3.05) is 39.9 Å². The molecule has 66 heavy (non-hydrogen) atoms. The van der Waals surface area contributed by atoms with Gasteiger partial charge >= 0.3 is 18.2 Å². The van der Waals surface area contributed by atoms with E-state index in [0.717, 1.165) is 44.9 Å². The van der Waals surface area contributed by atoms with E-state index in [4.69, 9.17) is 14.2 Å². The molecular weight excluding hydrogens is 859 g/mol. The van der Waals surface area contributed by atoms with Crippen molar-refractivity contribution < 1.29 is 62.8 Å². The lowest BCUT2D eigenvalue weighted by Gasteiger charge is -2.35. The predicted octanol–water partition coefficient (Wildman–Crippen LogP) is 3.52. The molecule has 20 heteroatoms. The average Bonchev–Trinajstić information content (AvgIpc) is 3.22. The van der Waals surface area contributed by atoms with Crippen LogP contribution in [0.3, 0.4) is 0 Å². The summed E-state index contributed by atoms with van der Waals surface area (Å²) in [6, 6.07) is -5.22. The van der Waals surface area contributed by atoms with Gasteiger partial charge in [0.15, 0.2) is 0 Å². The zero-order chi connectivity index (χ0) is 50.2. The van der Waals surface area contributed by atoms with Gasteiger partial charge in [0.1, 0.15) is 41.9 Å². The number of carboxylic acid groups (broad SMARTS) is 1. The number of aliphatic hydroxyl groups excluding tert-OH is 1. The van der Waals surface area contributed by atoms with Crippen LogP contribution in [-0.4, -0.2) is 144 Å². The van der Waals surface area contributed by atoms with Crippen LogP contribution in [0.2, 0.25) is 0 Å². The molecule has 1 rings (SSSR count). The summed E-state index contributed by atoms with van der Waals surface area (Å²) in [5.41, 5.74) is -1.62. The first kappa shape index (κ1) is 59.3. The van der Waals surface area contributed by atoms with E-state index in [0.29, 0.717) is 19.3 Å². The molecule has 6 unspecified atom stereocenters. The van der Waals surface area contributed by atoms with Crippen LogP contribution in [-0.2, 0) is 43.0 Å². The molecule has 8 N–H and O–H groups in total. The number of carbonyl (C=O) groups excluding carboxylic acids is 7. The molecule has 0 heterocycles. The van der Waals surface area contributed by atoms with E-state index in [1.807, 2.05) is 13.8 Å². The highest BCUT2D eigenvalue weighted by Gasteiger charge is 2.39. The fourth-order valence-electron chi connectivity index (χ4n) is 7.26. The second-order valence-electron chi connectivity index (χ2n) is 19.7. The van der Waals surface area contributed by atoms with Crippen molar-refractivity contribution in [1.82, 2.24) is 36.8 Å². The van der Waals surface area contributed by atoms with E-state index in [1.54, 1.807) is 48.5 Å². The van der Waals surface area contributed by atoms with E-state index in [9.17, 15) is 48.6 Å². The molecule has 0 aromatic rings. The molecule has 7 amide bonds. The molecular formula is C46H83N7O13. The number of alkyl carbamates (subject to hydrolysis) is 2. The molecule has 0 bridgehead atoms. The third kappa shape index (κ3) is 24.7. The van der Waals surface area contributed by atoms with Gasteiger partial charge in [-0.3, -0.25) is 28.8 Å². The van der Waals surface area contributed by atoms with Crippen molar-refractivity contribution in [2.45, 2.75) is 188 Å². The first-order valence-corrected chi connectivity index (χ1v) is 23.6. The molecule has 0 aromatic carbocycles. The normalized spacial score (nSPS) is 16.0. The van der Waals surface area contributed by atoms with Gasteiger partial charge in [-0.1, -0.05) is 72.6 Å². The highest BCUT2D eigenvalue weighted by molar-refractivity contribution is 5.96. The number of hydrogen-bond acceptors (Lipinski definition) is 12. The van der Waals surface area contributed by atoms with Gasteiger partial charge < -0.3 is 61.2 Å². The number of rotatable bonds is 28. The number of carbonyl (C=O) groups is 8. The Labute approximate surface area is 391 Å². The highest BCUT2D eigenvalue weighted by Crippen LogP contribution is 2.28. The summed E-state index contributed by atoms with van der Waals surface area (Å²) in [6.07, 6.45) is 5.91. The minimum atomic E-state index is -1.56. The second kappa shape index (κ2) is 29.8. The molecule has 1 aliphatic carbocycles. The van der Waals surface area contributed by atoms with Crippen molar-refractivity contribution in [3.63, 3.8) is 0 Å². The summed E-state index contributed by atoms with van der Waals surface area (Å²) in [7, 11) is 1.52. The maximum atomic E-state index is 14.5. The lowest BCUT2D eigenvalue weighted by molar-refractivity contribution is -0.146. The minimum Gasteiger partial charge on any atom is -0.480 e. The summed E-state index contributed by atoms with van der Waals surface area (Å²) in [5.74, 6) is -6.15. The van der Waals surface area contributed by atoms with Crippen molar-refractivity contribution >= 4 is 47.7 Å². The van der Waals surface area contributed by atoms with Crippen LogP contribution in [0.15, 0.2) is 0 Å². The number of likely N-dealkylation sites (N-methyl/N-ethyl adjacent to an activating group) is 1. The molecule has 0 aromatic heterocycles. The molecule has 1 fully saturated rings. The van der Waals surface area contributed by atoms with Gasteiger partial charge in [-0.2, -0.15) is 0 Å². The van der Waals surface area contributed by atoms with E-state index >= 15 is 0 Å². The summed E-state index contributed by atoms with van der Waals surface area (Å²) >= 11 is 0. The Bertz CT molecular complexity index is 1560. The number of amides is 7. The minimum absolute atomic E-state index is 0.00857. The Morgan fingerprint density at radius 2 is 1.30 bits per heavy atom. The average molecular weight is 942 g/mol. The molecule has 0 spiro atoms. The topological polar surface area (TPSA) is 280 Å². The molecule has 0 aliphatic heterocycles. The van der Waals surface area contributed by atoms with Gasteiger partial charge in [-0.05, 0) is 85.5 Å². The first-order chi connectivity index (χ1) is 30.8. The van der Waals surface area contributed by atoms with Crippen molar-refractivity contribution in [2.24, 2.45) is 17.8 Å². The van der Waals surface area contributed by atoms with Crippen LogP contribution in [0.4, 0.5) is 9.59 Å². The summed E-state index contributed by atoms with van der Waals surface area (Å²) in [6.45, 7) is 16.0. The number of unbranched alkanes of at least 4 members (excludes halogenated alkanes) is 3. The third-order valence-corrected chi connectivity index (χ3v) is 10.8. The van der Waals surface area contributed by atoms with E-state index in [2.05, 4.69) is 38.8 Å². The van der Waals surface area contributed by atoms with Gasteiger partial charge in [0, 0.05) is 20.2 Å². The van der Waals surface area contributed by atoms with Gasteiger partial charge in [0.25, 0.3) is 0 Å². The molecule has 0 saturated heterocycles. The van der Waals surface area contributed by atoms with Crippen LogP contribution >= 0.6 is 0 Å². The SMILES string of the molecule is CCCCCCC(O)C(C)C(=O)N(C)C(CC(C)C)C(=O)NC(C(=O)NC(CNC(=O)OC(C)(C)C)C(=O)NC(COCCCNC(=O)OC(C)(C)C)C(=O)NCC(=O)O)C1CCCCC1. The van der Waals surface area contributed by atoms with Crippen LogP contribution in [0.25, 0.3) is 0 Å². The van der Waals surface area contributed by atoms with Crippen LogP contribution in [0.5, 0.6) is 0 Å². The lowest BCUT2D eigenvalue weighted by Crippen LogP contribution is -2.62. The molecule has 1 aliphatic rings. The summed E-state index contributed by atoms with van der Waals surface area (Å²) < 4.78 is 16.2. The number of carboxylic acids is 1. The molecule has 20 nitrogen and oxygen atoms in total. The van der Waals surface area contributed by atoms with E-state index in [1.165, 1.54) is 11.9 Å². The number of nitrogens with one attached hydrogen (secondary N) is 6. The van der Waals surface area contributed by atoms with Crippen LogP contribution in [0, 0.1) is 17.8 Å².